The van der Waals surface area contributed by atoms with E-state index >= 15 is 0 Å². The Hall–Kier alpha value is 0.0895. The fourth-order valence-corrected chi connectivity index (χ4v) is 5.72. The zero-order valence-electron chi connectivity index (χ0n) is 11.3. The van der Waals surface area contributed by atoms with Gasteiger partial charge in [0.25, 0.3) is 0 Å². The summed E-state index contributed by atoms with van der Waals surface area (Å²) in [5.41, 5.74) is 3.21. The molecule has 0 aromatic carbocycles. The second-order valence-corrected chi connectivity index (χ2v) is 8.49. The predicted molar refractivity (Wildman–Crippen MR) is 82.7 cm³/mol. The third-order valence-corrected chi connectivity index (χ3v) is 6.50. The van der Waals surface area contributed by atoms with Crippen molar-refractivity contribution in [1.29, 1.82) is 0 Å². The van der Waals surface area contributed by atoms with Crippen molar-refractivity contribution in [2.75, 3.05) is 0 Å². The first kappa shape index (κ1) is 15.1. The standard InChI is InChI=1S/C15H24SSe/c1-5-9-14(13-10-7-6-8-11-13)15(17-4)16-12(2)3/h5,10,12H,1,6-9,11H2,2-4H3/b15-14+. The Bertz CT molecular complexity index is 313. The molecule has 0 spiro atoms. The average molecular weight is 315 g/mol. The molecule has 1 aliphatic rings. The maximum atomic E-state index is 3.93. The number of hydrogen-bond donors (Lipinski definition) is 0. The summed E-state index contributed by atoms with van der Waals surface area (Å²) < 4.78 is 1.64. The van der Waals surface area contributed by atoms with Gasteiger partial charge in [0.2, 0.25) is 0 Å². The van der Waals surface area contributed by atoms with Gasteiger partial charge in [0.1, 0.15) is 0 Å². The minimum atomic E-state index is 0.603. The van der Waals surface area contributed by atoms with Gasteiger partial charge in [-0.2, -0.15) is 0 Å². The van der Waals surface area contributed by atoms with Gasteiger partial charge in [-0.15, -0.1) is 0 Å². The third kappa shape index (κ3) is 5.07. The summed E-state index contributed by atoms with van der Waals surface area (Å²) in [6, 6.07) is 0. The van der Waals surface area contributed by atoms with E-state index in [1.807, 2.05) is 0 Å². The molecule has 0 radical (unpaired) electrons. The summed E-state index contributed by atoms with van der Waals surface area (Å²) in [7, 11) is 0. The molecule has 0 saturated heterocycles. The van der Waals surface area contributed by atoms with Gasteiger partial charge in [-0.05, 0) is 0 Å². The Labute approximate surface area is 117 Å². The number of allylic oxidation sites excluding steroid dienone is 4. The number of thioether (sulfide) groups is 1. The monoisotopic (exact) mass is 316 g/mol. The van der Waals surface area contributed by atoms with Gasteiger partial charge in [0.15, 0.2) is 0 Å². The molecule has 0 unspecified atom stereocenters. The van der Waals surface area contributed by atoms with E-state index in [0.717, 1.165) is 6.42 Å². The Morgan fingerprint density at radius 3 is 2.76 bits per heavy atom. The van der Waals surface area contributed by atoms with E-state index in [9.17, 15) is 0 Å². The van der Waals surface area contributed by atoms with Gasteiger partial charge >= 0.3 is 117 Å². The molecule has 17 heavy (non-hydrogen) atoms. The molecule has 0 bridgehead atoms. The second kappa shape index (κ2) is 8.24. The van der Waals surface area contributed by atoms with Crippen LogP contribution in [0.3, 0.4) is 0 Å². The van der Waals surface area contributed by atoms with Crippen LogP contribution in [-0.2, 0) is 0 Å². The topological polar surface area (TPSA) is 0 Å². The molecule has 0 aromatic rings. The fraction of sp³-hybridized carbons (Fsp3) is 0.600. The molecule has 0 aromatic heterocycles. The molecule has 0 amide bonds. The maximum absolute atomic E-state index is 3.93. The first-order valence-electron chi connectivity index (χ1n) is 6.43. The quantitative estimate of drug-likeness (QED) is 0.481. The molecule has 1 rings (SSSR count). The molecular weight excluding hydrogens is 291 g/mol. The van der Waals surface area contributed by atoms with Crippen molar-refractivity contribution in [3.63, 3.8) is 0 Å². The normalized spacial score (nSPS) is 17.8. The summed E-state index contributed by atoms with van der Waals surface area (Å²) >= 11 is 2.66. The van der Waals surface area contributed by atoms with E-state index < -0.39 is 0 Å². The van der Waals surface area contributed by atoms with Crippen LogP contribution in [0.1, 0.15) is 46.0 Å². The fourth-order valence-electron chi connectivity index (χ4n) is 2.06. The molecule has 0 nitrogen and oxygen atoms in total. The molecule has 0 saturated carbocycles. The molecule has 0 N–H and O–H groups in total. The van der Waals surface area contributed by atoms with Crippen molar-refractivity contribution in [3.8, 4) is 0 Å². The summed E-state index contributed by atoms with van der Waals surface area (Å²) in [6.07, 6.45) is 10.9. The van der Waals surface area contributed by atoms with E-state index in [1.165, 1.54) is 25.7 Å². The zero-order valence-corrected chi connectivity index (χ0v) is 13.8. The van der Waals surface area contributed by atoms with Crippen molar-refractivity contribution < 1.29 is 0 Å². The van der Waals surface area contributed by atoms with Crippen LogP contribution in [0.2, 0.25) is 5.82 Å². The molecule has 2 heteroatoms. The van der Waals surface area contributed by atoms with Gasteiger partial charge in [-0.3, -0.25) is 0 Å². The molecule has 96 valence electrons. The van der Waals surface area contributed by atoms with E-state index in [-0.39, 0.29) is 0 Å². The summed E-state index contributed by atoms with van der Waals surface area (Å²) in [6.45, 7) is 8.51. The van der Waals surface area contributed by atoms with E-state index in [4.69, 9.17) is 0 Å². The molecular formula is C15H24SSe. The Balaban J connectivity index is 2.97. The average Bonchev–Trinajstić information content (AvgIpc) is 2.34. The van der Waals surface area contributed by atoms with Gasteiger partial charge in [0.05, 0.1) is 0 Å². The van der Waals surface area contributed by atoms with Gasteiger partial charge in [-0.1, -0.05) is 0 Å². The van der Waals surface area contributed by atoms with Crippen molar-refractivity contribution in [1.82, 2.24) is 0 Å². The van der Waals surface area contributed by atoms with Crippen LogP contribution < -0.4 is 0 Å². The van der Waals surface area contributed by atoms with Crippen LogP contribution in [0.5, 0.6) is 0 Å². The predicted octanol–water partition coefficient (Wildman–Crippen LogP) is 5.17. The minimum absolute atomic E-state index is 0.603. The Kier molecular flexibility index (Phi) is 7.34. The van der Waals surface area contributed by atoms with Crippen LogP contribution in [-0.4, -0.2) is 20.2 Å². The van der Waals surface area contributed by atoms with E-state index in [0.29, 0.717) is 20.2 Å². The van der Waals surface area contributed by atoms with Crippen molar-refractivity contribution in [2.24, 2.45) is 0 Å². The molecule has 1 aliphatic carbocycles. The zero-order chi connectivity index (χ0) is 12.7. The SMILES string of the molecule is C=CC/C(C1=CCCCC1)=C(/SC(C)C)[Se]C. The molecule has 0 aliphatic heterocycles. The van der Waals surface area contributed by atoms with Crippen LogP contribution >= 0.6 is 11.8 Å². The Morgan fingerprint density at radius 2 is 2.29 bits per heavy atom. The first-order valence-corrected chi connectivity index (χ1v) is 9.88. The van der Waals surface area contributed by atoms with Crippen LogP contribution in [0.4, 0.5) is 0 Å². The summed E-state index contributed by atoms with van der Waals surface area (Å²) in [4.78, 5) is 0. The van der Waals surface area contributed by atoms with Crippen LogP contribution in [0.15, 0.2) is 33.7 Å². The van der Waals surface area contributed by atoms with Gasteiger partial charge in [-0.25, -0.2) is 0 Å². The molecule has 0 atom stereocenters. The van der Waals surface area contributed by atoms with Crippen molar-refractivity contribution in [2.45, 2.75) is 57.0 Å². The third-order valence-electron chi connectivity index (χ3n) is 2.80. The molecule has 0 fully saturated rings. The van der Waals surface area contributed by atoms with Crippen LogP contribution in [0, 0.1) is 0 Å². The second-order valence-electron chi connectivity index (χ2n) is 4.60. The van der Waals surface area contributed by atoms with Crippen LogP contribution in [0.25, 0.3) is 0 Å². The van der Waals surface area contributed by atoms with Gasteiger partial charge in [0, 0.05) is 0 Å². The Morgan fingerprint density at radius 1 is 1.53 bits per heavy atom. The van der Waals surface area contributed by atoms with Crippen molar-refractivity contribution >= 4 is 26.7 Å². The summed E-state index contributed by atoms with van der Waals surface area (Å²) in [5, 5.41) is 0.691. The van der Waals surface area contributed by atoms with Crippen molar-refractivity contribution in [3.05, 3.63) is 33.7 Å². The molecule has 0 heterocycles. The van der Waals surface area contributed by atoms with Gasteiger partial charge < -0.3 is 0 Å². The van der Waals surface area contributed by atoms with E-state index in [1.54, 1.807) is 14.9 Å². The number of rotatable bonds is 6. The van der Waals surface area contributed by atoms with E-state index in [2.05, 4.69) is 50.2 Å². The summed E-state index contributed by atoms with van der Waals surface area (Å²) in [5.74, 6) is 2.34. The number of hydrogen-bond acceptors (Lipinski definition) is 1. The first-order chi connectivity index (χ1) is 8.19.